The largest absolute Gasteiger partial charge is 0.490 e. The standard InChI is InChI=1S/C26H23NO4S/c1-3-13-27-25(28)24(32-26(27)29)16-18-10-12-22(23(15-18)30-4-2)31-17-19-9-11-20-7-5-6-8-21(20)14-19/h3,5-12,14-16H,1,4,13,17H2,2H3/b24-16+. The number of thioether (sulfide) groups is 1. The van der Waals surface area contributed by atoms with E-state index < -0.39 is 0 Å². The molecule has 5 nitrogen and oxygen atoms in total. The summed E-state index contributed by atoms with van der Waals surface area (Å²) in [6.45, 7) is 6.58. The van der Waals surface area contributed by atoms with Crippen LogP contribution in [0.2, 0.25) is 0 Å². The summed E-state index contributed by atoms with van der Waals surface area (Å²) < 4.78 is 11.8. The number of carbonyl (C=O) groups excluding carboxylic acids is 2. The average Bonchev–Trinajstić information content (AvgIpc) is 3.06. The van der Waals surface area contributed by atoms with Crippen molar-refractivity contribution >= 4 is 39.8 Å². The lowest BCUT2D eigenvalue weighted by molar-refractivity contribution is -0.122. The second-order valence-electron chi connectivity index (χ2n) is 7.19. The van der Waals surface area contributed by atoms with Gasteiger partial charge in [-0.1, -0.05) is 48.5 Å². The van der Waals surface area contributed by atoms with Gasteiger partial charge in [0.15, 0.2) is 11.5 Å². The van der Waals surface area contributed by atoms with E-state index in [-0.39, 0.29) is 17.7 Å². The van der Waals surface area contributed by atoms with Crippen molar-refractivity contribution in [1.82, 2.24) is 4.90 Å². The van der Waals surface area contributed by atoms with Crippen LogP contribution in [0.3, 0.4) is 0 Å². The highest BCUT2D eigenvalue weighted by molar-refractivity contribution is 8.18. The summed E-state index contributed by atoms with van der Waals surface area (Å²) in [6.07, 6.45) is 3.23. The van der Waals surface area contributed by atoms with Crippen LogP contribution in [-0.2, 0) is 11.4 Å². The van der Waals surface area contributed by atoms with Gasteiger partial charge < -0.3 is 9.47 Å². The zero-order valence-corrected chi connectivity index (χ0v) is 18.6. The minimum absolute atomic E-state index is 0.202. The fourth-order valence-electron chi connectivity index (χ4n) is 3.43. The first kappa shape index (κ1) is 21.7. The molecule has 0 atom stereocenters. The third kappa shape index (κ3) is 4.70. The molecule has 1 fully saturated rings. The predicted molar refractivity (Wildman–Crippen MR) is 129 cm³/mol. The minimum Gasteiger partial charge on any atom is -0.490 e. The zero-order chi connectivity index (χ0) is 22.5. The van der Waals surface area contributed by atoms with Crippen molar-refractivity contribution in [2.24, 2.45) is 0 Å². The van der Waals surface area contributed by atoms with E-state index in [1.807, 2.05) is 37.3 Å². The Morgan fingerprint density at radius 2 is 1.78 bits per heavy atom. The molecule has 0 radical (unpaired) electrons. The van der Waals surface area contributed by atoms with E-state index in [2.05, 4.69) is 36.9 Å². The Hall–Kier alpha value is -3.51. The normalized spacial score (nSPS) is 14.9. The van der Waals surface area contributed by atoms with E-state index in [0.717, 1.165) is 22.9 Å². The van der Waals surface area contributed by atoms with Crippen LogP contribution < -0.4 is 9.47 Å². The molecule has 2 amide bonds. The molecule has 0 N–H and O–H groups in total. The Kier molecular flexibility index (Phi) is 6.61. The predicted octanol–water partition coefficient (Wildman–Crippen LogP) is 6.04. The van der Waals surface area contributed by atoms with Crippen molar-refractivity contribution in [2.75, 3.05) is 13.2 Å². The van der Waals surface area contributed by atoms with Crippen molar-refractivity contribution < 1.29 is 19.1 Å². The van der Waals surface area contributed by atoms with Crippen LogP contribution in [0.5, 0.6) is 11.5 Å². The first-order valence-corrected chi connectivity index (χ1v) is 11.1. The number of nitrogens with zero attached hydrogens (tertiary/aromatic N) is 1. The molecule has 3 aromatic rings. The molecule has 0 bridgehead atoms. The van der Waals surface area contributed by atoms with E-state index >= 15 is 0 Å². The van der Waals surface area contributed by atoms with Crippen molar-refractivity contribution in [3.05, 3.63) is 89.4 Å². The Labute approximate surface area is 191 Å². The van der Waals surface area contributed by atoms with Crippen LogP contribution in [0, 0.1) is 0 Å². The summed E-state index contributed by atoms with van der Waals surface area (Å²) in [5, 5.41) is 2.06. The van der Waals surface area contributed by atoms with Crippen LogP contribution in [0.25, 0.3) is 16.8 Å². The van der Waals surface area contributed by atoms with Gasteiger partial charge in [0.25, 0.3) is 11.1 Å². The topological polar surface area (TPSA) is 55.8 Å². The summed E-state index contributed by atoms with van der Waals surface area (Å²) in [6, 6.07) is 19.9. The quantitative estimate of drug-likeness (QED) is 0.313. The molecule has 1 aliphatic heterocycles. The summed E-state index contributed by atoms with van der Waals surface area (Å²) in [5.41, 5.74) is 1.82. The molecule has 3 aromatic carbocycles. The van der Waals surface area contributed by atoms with Crippen molar-refractivity contribution in [3.63, 3.8) is 0 Å². The van der Waals surface area contributed by atoms with Crippen LogP contribution in [0.15, 0.2) is 78.2 Å². The number of fused-ring (bicyclic) bond motifs is 1. The number of rotatable bonds is 8. The lowest BCUT2D eigenvalue weighted by atomic mass is 10.1. The number of ether oxygens (including phenoxy) is 2. The maximum Gasteiger partial charge on any atom is 0.293 e. The minimum atomic E-state index is -0.311. The molecule has 1 saturated heterocycles. The molecular weight excluding hydrogens is 422 g/mol. The van der Waals surface area contributed by atoms with Crippen molar-refractivity contribution in [1.29, 1.82) is 0 Å². The molecule has 0 saturated carbocycles. The summed E-state index contributed by atoms with van der Waals surface area (Å²) >= 11 is 0.927. The van der Waals surface area contributed by atoms with Gasteiger partial charge in [-0.15, -0.1) is 6.58 Å². The van der Waals surface area contributed by atoms with Gasteiger partial charge in [0.1, 0.15) is 6.61 Å². The maximum absolute atomic E-state index is 12.5. The van der Waals surface area contributed by atoms with Crippen LogP contribution in [-0.4, -0.2) is 29.2 Å². The van der Waals surface area contributed by atoms with Gasteiger partial charge in [0.05, 0.1) is 11.5 Å². The molecule has 162 valence electrons. The molecule has 1 aliphatic rings. The van der Waals surface area contributed by atoms with Crippen molar-refractivity contribution in [3.8, 4) is 11.5 Å². The van der Waals surface area contributed by atoms with Gasteiger partial charge in [-0.2, -0.15) is 0 Å². The summed E-state index contributed by atoms with van der Waals surface area (Å²) in [7, 11) is 0. The first-order valence-electron chi connectivity index (χ1n) is 10.3. The van der Waals surface area contributed by atoms with Gasteiger partial charge in [-0.05, 0) is 64.9 Å². The second-order valence-corrected chi connectivity index (χ2v) is 8.18. The van der Waals surface area contributed by atoms with Gasteiger partial charge in [0, 0.05) is 6.54 Å². The smallest absolute Gasteiger partial charge is 0.293 e. The SMILES string of the molecule is C=CCN1C(=O)S/C(=C/c2ccc(OCc3ccc4ccccc4c3)c(OCC)c2)C1=O. The number of hydrogen-bond donors (Lipinski definition) is 0. The molecule has 0 aliphatic carbocycles. The zero-order valence-electron chi connectivity index (χ0n) is 17.7. The molecule has 0 aromatic heterocycles. The van der Waals surface area contributed by atoms with E-state index in [4.69, 9.17) is 9.47 Å². The highest BCUT2D eigenvalue weighted by atomic mass is 32.2. The fourth-order valence-corrected chi connectivity index (χ4v) is 4.28. The number of imide groups is 1. The molecule has 6 heteroatoms. The lowest BCUT2D eigenvalue weighted by Gasteiger charge is -2.13. The lowest BCUT2D eigenvalue weighted by Crippen LogP contribution is -2.27. The summed E-state index contributed by atoms with van der Waals surface area (Å²) in [5.74, 6) is 0.902. The van der Waals surface area contributed by atoms with Crippen LogP contribution in [0.1, 0.15) is 18.1 Å². The Bertz CT molecular complexity index is 1220. The Morgan fingerprint density at radius 1 is 0.969 bits per heavy atom. The Balaban J connectivity index is 1.53. The monoisotopic (exact) mass is 445 g/mol. The van der Waals surface area contributed by atoms with E-state index in [9.17, 15) is 9.59 Å². The average molecular weight is 446 g/mol. The van der Waals surface area contributed by atoms with Crippen molar-refractivity contribution in [2.45, 2.75) is 13.5 Å². The maximum atomic E-state index is 12.5. The molecule has 4 rings (SSSR count). The van der Waals surface area contributed by atoms with Gasteiger partial charge in [-0.25, -0.2) is 0 Å². The van der Waals surface area contributed by atoms with Crippen LogP contribution in [0.4, 0.5) is 4.79 Å². The van der Waals surface area contributed by atoms with Gasteiger partial charge in [0.2, 0.25) is 0 Å². The van der Waals surface area contributed by atoms with E-state index in [0.29, 0.717) is 29.6 Å². The number of amides is 2. The van der Waals surface area contributed by atoms with E-state index in [1.165, 1.54) is 21.7 Å². The molecule has 0 spiro atoms. The second kappa shape index (κ2) is 9.75. The molecule has 0 unspecified atom stereocenters. The summed E-state index contributed by atoms with van der Waals surface area (Å²) in [4.78, 5) is 26.0. The first-order chi connectivity index (χ1) is 15.6. The number of carbonyl (C=O) groups is 2. The number of hydrogen-bond acceptors (Lipinski definition) is 5. The fraction of sp³-hybridized carbons (Fsp3) is 0.154. The Morgan fingerprint density at radius 3 is 2.56 bits per heavy atom. The number of benzene rings is 3. The van der Waals surface area contributed by atoms with Gasteiger partial charge in [-0.3, -0.25) is 14.5 Å². The highest BCUT2D eigenvalue weighted by Gasteiger charge is 2.34. The molecule has 32 heavy (non-hydrogen) atoms. The highest BCUT2D eigenvalue weighted by Crippen LogP contribution is 2.35. The van der Waals surface area contributed by atoms with Crippen LogP contribution >= 0.6 is 11.8 Å². The molecular formula is C26H23NO4S. The molecule has 1 heterocycles. The third-order valence-electron chi connectivity index (χ3n) is 4.96. The third-order valence-corrected chi connectivity index (χ3v) is 5.87. The van der Waals surface area contributed by atoms with Gasteiger partial charge >= 0.3 is 0 Å². The van der Waals surface area contributed by atoms with E-state index in [1.54, 1.807) is 6.08 Å².